The van der Waals surface area contributed by atoms with Gasteiger partial charge in [-0.15, -0.1) is 0 Å². The Morgan fingerprint density at radius 2 is 1.71 bits per heavy atom. The lowest BCUT2D eigenvalue weighted by molar-refractivity contribution is -0.146. The van der Waals surface area contributed by atoms with Gasteiger partial charge in [0.15, 0.2) is 0 Å². The molecule has 0 aromatic rings. The minimum absolute atomic E-state index is 0.146. The molecule has 0 heterocycles. The second-order valence-electron chi connectivity index (χ2n) is 5.65. The zero-order valence-electron chi connectivity index (χ0n) is 11.1. The SMILES string of the molecule is CC(C(=O)O)C(C)C(=O)NCC1(C(C)C)CC1. The molecule has 2 atom stereocenters. The third-order valence-electron chi connectivity index (χ3n) is 4.28. The van der Waals surface area contributed by atoms with Gasteiger partial charge in [-0.2, -0.15) is 0 Å². The highest BCUT2D eigenvalue weighted by atomic mass is 16.4. The van der Waals surface area contributed by atoms with Gasteiger partial charge in [-0.1, -0.05) is 27.7 Å². The van der Waals surface area contributed by atoms with Crippen molar-refractivity contribution in [3.8, 4) is 0 Å². The fourth-order valence-electron chi connectivity index (χ4n) is 1.98. The van der Waals surface area contributed by atoms with Gasteiger partial charge in [-0.05, 0) is 24.2 Å². The third-order valence-corrected chi connectivity index (χ3v) is 4.28. The first-order chi connectivity index (χ1) is 7.80. The Balaban J connectivity index is 2.42. The molecule has 1 aliphatic rings. The topological polar surface area (TPSA) is 66.4 Å². The maximum absolute atomic E-state index is 11.8. The zero-order valence-corrected chi connectivity index (χ0v) is 11.1. The van der Waals surface area contributed by atoms with Gasteiger partial charge in [0.05, 0.1) is 5.92 Å². The van der Waals surface area contributed by atoms with Crippen LogP contribution in [-0.4, -0.2) is 23.5 Å². The molecule has 2 N–H and O–H groups in total. The van der Waals surface area contributed by atoms with Crippen molar-refractivity contribution in [3.63, 3.8) is 0 Å². The molecule has 4 nitrogen and oxygen atoms in total. The summed E-state index contributed by atoms with van der Waals surface area (Å²) in [6.07, 6.45) is 2.32. The largest absolute Gasteiger partial charge is 0.481 e. The molecule has 0 saturated heterocycles. The van der Waals surface area contributed by atoms with E-state index >= 15 is 0 Å². The van der Waals surface area contributed by atoms with E-state index in [1.165, 1.54) is 0 Å². The number of amides is 1. The summed E-state index contributed by atoms with van der Waals surface area (Å²) < 4.78 is 0. The molecule has 0 spiro atoms. The Bertz CT molecular complexity index is 308. The van der Waals surface area contributed by atoms with E-state index in [-0.39, 0.29) is 11.3 Å². The van der Waals surface area contributed by atoms with Crippen molar-refractivity contribution in [3.05, 3.63) is 0 Å². The Morgan fingerprint density at radius 1 is 1.18 bits per heavy atom. The van der Waals surface area contributed by atoms with Gasteiger partial charge in [0, 0.05) is 12.5 Å². The molecule has 1 amide bonds. The molecule has 1 fully saturated rings. The smallest absolute Gasteiger partial charge is 0.307 e. The van der Waals surface area contributed by atoms with E-state index in [1.807, 2.05) is 0 Å². The van der Waals surface area contributed by atoms with Gasteiger partial charge in [-0.3, -0.25) is 9.59 Å². The van der Waals surface area contributed by atoms with Gasteiger partial charge >= 0.3 is 5.97 Å². The first-order valence-electron chi connectivity index (χ1n) is 6.30. The second-order valence-corrected chi connectivity index (χ2v) is 5.65. The summed E-state index contributed by atoms with van der Waals surface area (Å²) in [6.45, 7) is 8.26. The van der Waals surface area contributed by atoms with Crippen LogP contribution in [0.5, 0.6) is 0 Å². The van der Waals surface area contributed by atoms with Crippen LogP contribution in [0.25, 0.3) is 0 Å². The van der Waals surface area contributed by atoms with Crippen molar-refractivity contribution in [2.75, 3.05) is 6.54 Å². The van der Waals surface area contributed by atoms with E-state index < -0.39 is 17.8 Å². The van der Waals surface area contributed by atoms with E-state index in [2.05, 4.69) is 19.2 Å². The first kappa shape index (κ1) is 14.0. The standard InChI is InChI=1S/C13H23NO3/c1-8(2)13(5-6-13)7-14-11(15)9(3)10(4)12(16)17/h8-10H,5-7H2,1-4H3,(H,14,15)(H,16,17). The number of carboxylic acids is 1. The van der Waals surface area contributed by atoms with Crippen LogP contribution in [0.1, 0.15) is 40.5 Å². The lowest BCUT2D eigenvalue weighted by Crippen LogP contribution is -2.39. The number of carbonyl (C=O) groups is 2. The van der Waals surface area contributed by atoms with Crippen LogP contribution in [-0.2, 0) is 9.59 Å². The maximum atomic E-state index is 11.8. The summed E-state index contributed by atoms with van der Waals surface area (Å²) >= 11 is 0. The van der Waals surface area contributed by atoms with Gasteiger partial charge in [-0.25, -0.2) is 0 Å². The van der Waals surface area contributed by atoms with Crippen molar-refractivity contribution in [1.29, 1.82) is 0 Å². The number of carboxylic acid groups (broad SMARTS) is 1. The molecule has 17 heavy (non-hydrogen) atoms. The summed E-state index contributed by atoms with van der Waals surface area (Å²) in [5.74, 6) is -1.61. The van der Waals surface area contributed by atoms with Crippen molar-refractivity contribution in [1.82, 2.24) is 5.32 Å². The minimum Gasteiger partial charge on any atom is -0.481 e. The normalized spacial score (nSPS) is 20.8. The Hall–Kier alpha value is -1.06. The second kappa shape index (κ2) is 5.07. The number of hydrogen-bond donors (Lipinski definition) is 2. The lowest BCUT2D eigenvalue weighted by Gasteiger charge is -2.22. The number of hydrogen-bond acceptors (Lipinski definition) is 2. The predicted molar refractivity (Wildman–Crippen MR) is 65.5 cm³/mol. The van der Waals surface area contributed by atoms with Crippen molar-refractivity contribution in [2.45, 2.75) is 40.5 Å². The molecule has 2 unspecified atom stereocenters. The van der Waals surface area contributed by atoms with Crippen molar-refractivity contribution in [2.24, 2.45) is 23.2 Å². The molecule has 1 rings (SSSR count). The average molecular weight is 241 g/mol. The van der Waals surface area contributed by atoms with Crippen molar-refractivity contribution < 1.29 is 14.7 Å². The molecule has 0 aromatic heterocycles. The fraction of sp³-hybridized carbons (Fsp3) is 0.846. The van der Waals surface area contributed by atoms with Crippen LogP contribution in [0.2, 0.25) is 0 Å². The Labute approximate surface area is 103 Å². The molecule has 0 aromatic carbocycles. The van der Waals surface area contributed by atoms with E-state index in [0.717, 1.165) is 12.8 Å². The predicted octanol–water partition coefficient (Wildman–Crippen LogP) is 1.90. The summed E-state index contributed by atoms with van der Waals surface area (Å²) in [4.78, 5) is 22.6. The van der Waals surface area contributed by atoms with Crippen LogP contribution in [0.4, 0.5) is 0 Å². The molecule has 4 heteroatoms. The summed E-state index contributed by atoms with van der Waals surface area (Å²) in [5, 5.41) is 11.8. The van der Waals surface area contributed by atoms with E-state index in [9.17, 15) is 9.59 Å². The lowest BCUT2D eigenvalue weighted by atomic mass is 9.91. The van der Waals surface area contributed by atoms with E-state index in [0.29, 0.717) is 12.5 Å². The molecule has 0 bridgehead atoms. The Morgan fingerprint density at radius 3 is 2.06 bits per heavy atom. The number of aliphatic carboxylic acids is 1. The first-order valence-corrected chi connectivity index (χ1v) is 6.30. The molecule has 98 valence electrons. The van der Waals surface area contributed by atoms with E-state index in [4.69, 9.17) is 5.11 Å². The monoisotopic (exact) mass is 241 g/mol. The Kier molecular flexibility index (Phi) is 4.17. The van der Waals surface area contributed by atoms with Crippen LogP contribution >= 0.6 is 0 Å². The van der Waals surface area contributed by atoms with Gasteiger partial charge in [0.25, 0.3) is 0 Å². The molecule has 1 saturated carbocycles. The highest BCUT2D eigenvalue weighted by Crippen LogP contribution is 2.51. The molecular weight excluding hydrogens is 218 g/mol. The maximum Gasteiger partial charge on any atom is 0.307 e. The fourth-order valence-corrected chi connectivity index (χ4v) is 1.98. The summed E-state index contributed by atoms with van der Waals surface area (Å²) in [5.41, 5.74) is 0.266. The zero-order chi connectivity index (χ0) is 13.2. The quantitative estimate of drug-likeness (QED) is 0.746. The van der Waals surface area contributed by atoms with Crippen LogP contribution in [0, 0.1) is 23.2 Å². The van der Waals surface area contributed by atoms with Crippen LogP contribution < -0.4 is 5.32 Å². The highest BCUT2D eigenvalue weighted by molar-refractivity contribution is 5.84. The van der Waals surface area contributed by atoms with Crippen molar-refractivity contribution >= 4 is 11.9 Å². The highest BCUT2D eigenvalue weighted by Gasteiger charge is 2.45. The van der Waals surface area contributed by atoms with Crippen LogP contribution in [0.15, 0.2) is 0 Å². The number of rotatable bonds is 6. The molecule has 0 radical (unpaired) electrons. The average Bonchev–Trinajstić information content (AvgIpc) is 3.04. The van der Waals surface area contributed by atoms with Gasteiger partial charge < -0.3 is 10.4 Å². The molecular formula is C13H23NO3. The van der Waals surface area contributed by atoms with Gasteiger partial charge in [0.2, 0.25) is 5.91 Å². The van der Waals surface area contributed by atoms with Gasteiger partial charge in [0.1, 0.15) is 0 Å². The van der Waals surface area contributed by atoms with Crippen LogP contribution in [0.3, 0.4) is 0 Å². The third kappa shape index (κ3) is 3.20. The number of nitrogens with one attached hydrogen (secondary N) is 1. The van der Waals surface area contributed by atoms with E-state index in [1.54, 1.807) is 13.8 Å². The molecule has 0 aliphatic heterocycles. The minimum atomic E-state index is -0.919. The number of carbonyl (C=O) groups excluding carboxylic acids is 1. The summed E-state index contributed by atoms with van der Waals surface area (Å²) in [6, 6.07) is 0. The molecule has 1 aliphatic carbocycles. The summed E-state index contributed by atoms with van der Waals surface area (Å²) in [7, 11) is 0.